The number of aryl methyl sites for hydroxylation is 2. The third-order valence-corrected chi connectivity index (χ3v) is 5.47. The Morgan fingerprint density at radius 3 is 2.62 bits per heavy atom. The molecule has 174 valence electrons. The van der Waals surface area contributed by atoms with Crippen LogP contribution in [0.5, 0.6) is 11.5 Å². The van der Waals surface area contributed by atoms with Crippen molar-refractivity contribution in [3.05, 3.63) is 82.7 Å². The first-order valence-corrected chi connectivity index (χ1v) is 10.6. The zero-order valence-corrected chi connectivity index (χ0v) is 19.4. The molecule has 4 rings (SSSR count). The van der Waals surface area contributed by atoms with Crippen molar-refractivity contribution in [1.82, 2.24) is 4.98 Å². The molecule has 0 fully saturated rings. The number of hydrogen-bond acceptors (Lipinski definition) is 7. The Labute approximate surface area is 196 Å². The van der Waals surface area contributed by atoms with Gasteiger partial charge < -0.3 is 24.3 Å². The van der Waals surface area contributed by atoms with Crippen LogP contribution in [-0.2, 0) is 6.61 Å². The topological polar surface area (TPSA) is 106 Å². The number of aliphatic hydroxyl groups excluding tert-OH is 1. The van der Waals surface area contributed by atoms with E-state index < -0.39 is 5.91 Å². The summed E-state index contributed by atoms with van der Waals surface area (Å²) in [4.78, 5) is 22.3. The number of anilines is 1. The van der Waals surface area contributed by atoms with Crippen molar-refractivity contribution >= 4 is 28.3 Å². The summed E-state index contributed by atoms with van der Waals surface area (Å²) in [5.74, 6) is 0.658. The molecule has 0 aliphatic rings. The van der Waals surface area contributed by atoms with E-state index in [1.165, 1.54) is 7.11 Å². The van der Waals surface area contributed by atoms with Crippen LogP contribution in [0.15, 0.2) is 64.1 Å². The molecule has 2 aromatic heterocycles. The summed E-state index contributed by atoms with van der Waals surface area (Å²) in [5, 5.41) is 13.3. The van der Waals surface area contributed by atoms with Crippen LogP contribution in [0.1, 0.15) is 27.2 Å². The third-order valence-electron chi connectivity index (χ3n) is 5.47. The minimum atomic E-state index is -0.404. The molecule has 0 bridgehead atoms. The molecule has 0 unspecified atom stereocenters. The van der Waals surface area contributed by atoms with Crippen LogP contribution in [-0.4, -0.2) is 30.2 Å². The molecule has 4 aromatic rings. The zero-order chi connectivity index (χ0) is 24.2. The summed E-state index contributed by atoms with van der Waals surface area (Å²) in [6.45, 7) is 3.44. The summed E-state index contributed by atoms with van der Waals surface area (Å²) in [5.41, 5.74) is 3.86. The molecule has 8 nitrogen and oxygen atoms in total. The predicted molar refractivity (Wildman–Crippen MR) is 129 cm³/mol. The van der Waals surface area contributed by atoms with E-state index in [1.54, 1.807) is 44.5 Å². The van der Waals surface area contributed by atoms with Crippen molar-refractivity contribution in [2.24, 2.45) is 4.99 Å². The lowest BCUT2D eigenvalue weighted by Gasteiger charge is -2.11. The Balaban J connectivity index is 1.98. The number of nitrogens with one attached hydrogen (secondary N) is 1. The number of carbonyl (C=O) groups excluding carboxylic acids is 1. The van der Waals surface area contributed by atoms with E-state index in [9.17, 15) is 9.90 Å². The standard InChI is InChI=1S/C26H25N3O5/c1-15-7-5-6-8-21(15)28-25(31)20-12-19-17(14-30)13-27-16(2)24(19)34-26(20)29-22-11-18(32-3)9-10-23(22)33-4/h5-13,30H,14H2,1-4H3,(H,28,31). The molecular formula is C26H25N3O5. The molecule has 0 aliphatic heterocycles. The van der Waals surface area contributed by atoms with Crippen LogP contribution in [0.25, 0.3) is 11.0 Å². The van der Waals surface area contributed by atoms with Gasteiger partial charge in [0.2, 0.25) is 5.55 Å². The van der Waals surface area contributed by atoms with Gasteiger partial charge in [-0.3, -0.25) is 9.78 Å². The van der Waals surface area contributed by atoms with Crippen molar-refractivity contribution < 1.29 is 23.8 Å². The maximum atomic E-state index is 13.4. The fourth-order valence-corrected chi connectivity index (χ4v) is 3.56. The number of carbonyl (C=O) groups is 1. The van der Waals surface area contributed by atoms with Crippen LogP contribution in [0.3, 0.4) is 0 Å². The third kappa shape index (κ3) is 4.49. The van der Waals surface area contributed by atoms with Gasteiger partial charge in [0.15, 0.2) is 5.58 Å². The van der Waals surface area contributed by atoms with Crippen LogP contribution in [0.4, 0.5) is 11.4 Å². The number of aliphatic hydroxyl groups is 1. The van der Waals surface area contributed by atoms with Gasteiger partial charge in [-0.15, -0.1) is 0 Å². The van der Waals surface area contributed by atoms with Crippen molar-refractivity contribution in [1.29, 1.82) is 0 Å². The van der Waals surface area contributed by atoms with E-state index in [0.29, 0.717) is 45.1 Å². The van der Waals surface area contributed by atoms with Crippen molar-refractivity contribution in [2.75, 3.05) is 19.5 Å². The monoisotopic (exact) mass is 459 g/mol. The van der Waals surface area contributed by atoms with Gasteiger partial charge in [0.1, 0.15) is 22.7 Å². The fraction of sp³-hybridized carbons (Fsp3) is 0.192. The minimum absolute atomic E-state index is 0.0742. The number of nitrogens with zero attached hydrogens (tertiary/aromatic N) is 2. The first-order valence-electron chi connectivity index (χ1n) is 10.6. The number of para-hydroxylation sites is 1. The number of methoxy groups -OCH3 is 2. The molecule has 2 aromatic carbocycles. The van der Waals surface area contributed by atoms with Gasteiger partial charge in [-0.25, -0.2) is 4.99 Å². The SMILES string of the molecule is COc1ccc(OC)c(N=c2oc3c(C)ncc(CO)c3cc2C(=O)Nc2ccccc2C)c1. The van der Waals surface area contributed by atoms with E-state index in [4.69, 9.17) is 13.9 Å². The van der Waals surface area contributed by atoms with E-state index in [-0.39, 0.29) is 17.7 Å². The Hall–Kier alpha value is -4.17. The molecule has 2 heterocycles. The highest BCUT2D eigenvalue weighted by atomic mass is 16.5. The number of aromatic nitrogens is 1. The van der Waals surface area contributed by atoms with Crippen LogP contribution in [0, 0.1) is 13.8 Å². The van der Waals surface area contributed by atoms with Crippen LogP contribution >= 0.6 is 0 Å². The highest BCUT2D eigenvalue weighted by Gasteiger charge is 2.18. The van der Waals surface area contributed by atoms with Gasteiger partial charge in [-0.2, -0.15) is 0 Å². The predicted octanol–water partition coefficient (Wildman–Crippen LogP) is 4.44. The average Bonchev–Trinajstić information content (AvgIpc) is 2.85. The minimum Gasteiger partial charge on any atom is -0.497 e. The Morgan fingerprint density at radius 2 is 1.91 bits per heavy atom. The summed E-state index contributed by atoms with van der Waals surface area (Å²) in [6.07, 6.45) is 1.57. The van der Waals surface area contributed by atoms with Crippen LogP contribution in [0.2, 0.25) is 0 Å². The normalized spacial score (nSPS) is 11.5. The number of amides is 1. The largest absolute Gasteiger partial charge is 0.497 e. The van der Waals surface area contributed by atoms with Gasteiger partial charge >= 0.3 is 0 Å². The smallest absolute Gasteiger partial charge is 0.261 e. The van der Waals surface area contributed by atoms with E-state index in [0.717, 1.165) is 5.56 Å². The number of rotatable bonds is 6. The lowest BCUT2D eigenvalue weighted by Crippen LogP contribution is -2.22. The summed E-state index contributed by atoms with van der Waals surface area (Å²) in [7, 11) is 3.09. The lowest BCUT2D eigenvalue weighted by atomic mass is 10.1. The molecule has 0 saturated heterocycles. The molecule has 1 amide bonds. The number of fused-ring (bicyclic) bond motifs is 1. The molecule has 0 spiro atoms. The van der Waals surface area contributed by atoms with E-state index in [2.05, 4.69) is 15.3 Å². The summed E-state index contributed by atoms with van der Waals surface area (Å²) < 4.78 is 16.9. The first kappa shape index (κ1) is 23.0. The Kier molecular flexibility index (Phi) is 6.60. The lowest BCUT2D eigenvalue weighted by molar-refractivity contribution is 0.102. The molecule has 0 saturated carbocycles. The van der Waals surface area contributed by atoms with Gasteiger partial charge in [-0.1, -0.05) is 18.2 Å². The van der Waals surface area contributed by atoms with E-state index >= 15 is 0 Å². The molecule has 34 heavy (non-hydrogen) atoms. The Morgan fingerprint density at radius 1 is 1.12 bits per heavy atom. The number of pyridine rings is 1. The molecule has 0 radical (unpaired) electrons. The van der Waals surface area contributed by atoms with Crippen LogP contribution < -0.4 is 20.3 Å². The number of benzene rings is 2. The second-order valence-corrected chi connectivity index (χ2v) is 7.65. The van der Waals surface area contributed by atoms with E-state index in [1.807, 2.05) is 31.2 Å². The average molecular weight is 460 g/mol. The highest BCUT2D eigenvalue weighted by Crippen LogP contribution is 2.31. The molecule has 0 aliphatic carbocycles. The first-order chi connectivity index (χ1) is 16.4. The van der Waals surface area contributed by atoms with Crippen molar-refractivity contribution in [3.8, 4) is 11.5 Å². The van der Waals surface area contributed by atoms with Gasteiger partial charge in [0, 0.05) is 28.9 Å². The van der Waals surface area contributed by atoms with Gasteiger partial charge in [-0.05, 0) is 43.7 Å². The Bertz CT molecular complexity index is 1440. The zero-order valence-electron chi connectivity index (χ0n) is 19.4. The summed E-state index contributed by atoms with van der Waals surface area (Å²) >= 11 is 0. The molecule has 0 atom stereocenters. The molecule has 8 heteroatoms. The van der Waals surface area contributed by atoms with Gasteiger partial charge in [0.05, 0.1) is 26.5 Å². The molecular weight excluding hydrogens is 434 g/mol. The fourth-order valence-electron chi connectivity index (χ4n) is 3.56. The number of hydrogen-bond donors (Lipinski definition) is 2. The second kappa shape index (κ2) is 9.76. The molecule has 2 N–H and O–H groups in total. The van der Waals surface area contributed by atoms with Gasteiger partial charge in [0.25, 0.3) is 5.91 Å². The summed E-state index contributed by atoms with van der Waals surface area (Å²) in [6, 6.07) is 14.3. The van der Waals surface area contributed by atoms with Crippen molar-refractivity contribution in [2.45, 2.75) is 20.5 Å². The second-order valence-electron chi connectivity index (χ2n) is 7.65. The number of ether oxygens (including phenoxy) is 2. The maximum Gasteiger partial charge on any atom is 0.261 e. The highest BCUT2D eigenvalue weighted by molar-refractivity contribution is 6.06. The quantitative estimate of drug-likeness (QED) is 0.442. The maximum absolute atomic E-state index is 13.4. The van der Waals surface area contributed by atoms with Crippen molar-refractivity contribution in [3.63, 3.8) is 0 Å².